The lowest BCUT2D eigenvalue weighted by atomic mass is 10.2. The van der Waals surface area contributed by atoms with Crippen LogP contribution >= 0.6 is 0 Å². The maximum Gasteiger partial charge on any atom is 0.436 e. The summed E-state index contributed by atoms with van der Waals surface area (Å²) < 4.78 is 42.5. The molecule has 0 fully saturated rings. The zero-order valence-corrected chi connectivity index (χ0v) is 8.21. The molecule has 0 amide bonds. The summed E-state index contributed by atoms with van der Waals surface area (Å²) in [6.07, 6.45) is 1.12. The Bertz CT molecular complexity index is 443. The molecular formula is C9H7F3N2O2. The lowest BCUT2D eigenvalue weighted by Gasteiger charge is -2.03. The fourth-order valence-corrected chi connectivity index (χ4v) is 1.06. The Morgan fingerprint density at radius 3 is 2.75 bits per heavy atom. The van der Waals surface area contributed by atoms with Crippen molar-refractivity contribution < 1.29 is 22.7 Å². The molecule has 0 aromatic carbocycles. The maximum absolute atomic E-state index is 12.5. The van der Waals surface area contributed by atoms with Crippen LogP contribution in [0.5, 0.6) is 0 Å². The van der Waals surface area contributed by atoms with Crippen LogP contribution in [0, 0.1) is 12.3 Å². The van der Waals surface area contributed by atoms with Crippen molar-refractivity contribution >= 4 is 5.97 Å². The molecule has 0 spiro atoms. The van der Waals surface area contributed by atoms with Gasteiger partial charge in [-0.25, -0.2) is 4.79 Å². The molecule has 7 heteroatoms. The molecule has 1 aromatic heterocycles. The molecule has 0 unspecified atom stereocenters. The second kappa shape index (κ2) is 4.26. The van der Waals surface area contributed by atoms with E-state index in [9.17, 15) is 18.0 Å². The van der Waals surface area contributed by atoms with Gasteiger partial charge >= 0.3 is 12.1 Å². The molecule has 1 rings (SSSR count). The summed E-state index contributed by atoms with van der Waals surface area (Å²) in [6.45, 7) is -0.153. The molecule has 16 heavy (non-hydrogen) atoms. The van der Waals surface area contributed by atoms with Crippen molar-refractivity contribution in [1.29, 1.82) is 0 Å². The van der Waals surface area contributed by atoms with E-state index in [2.05, 4.69) is 15.8 Å². The summed E-state index contributed by atoms with van der Waals surface area (Å²) in [6, 6.07) is 0. The summed E-state index contributed by atoms with van der Waals surface area (Å²) in [5.74, 6) is 1.01. The number of halogens is 3. The standard InChI is InChI=1S/C9H7F3N2O2/c1-3-4-14-5-6(8(15)16-2)7(13-14)9(10,11)12/h1,5H,4H2,2H3. The second-order valence-corrected chi connectivity index (χ2v) is 2.78. The Morgan fingerprint density at radius 1 is 1.69 bits per heavy atom. The third kappa shape index (κ3) is 2.34. The number of hydrogen-bond acceptors (Lipinski definition) is 3. The largest absolute Gasteiger partial charge is 0.465 e. The molecule has 0 saturated carbocycles. The van der Waals surface area contributed by atoms with E-state index in [-0.39, 0.29) is 6.54 Å². The fourth-order valence-electron chi connectivity index (χ4n) is 1.06. The average Bonchev–Trinajstić information content (AvgIpc) is 2.61. The molecule has 0 radical (unpaired) electrons. The minimum atomic E-state index is -4.72. The number of nitrogens with zero attached hydrogens (tertiary/aromatic N) is 2. The van der Waals surface area contributed by atoms with Gasteiger partial charge in [0.15, 0.2) is 5.69 Å². The van der Waals surface area contributed by atoms with Crippen molar-refractivity contribution in [2.45, 2.75) is 12.7 Å². The topological polar surface area (TPSA) is 44.1 Å². The van der Waals surface area contributed by atoms with Gasteiger partial charge in [-0.15, -0.1) is 6.42 Å². The predicted octanol–water partition coefficient (Wildman–Crippen LogP) is 1.32. The Kier molecular flexibility index (Phi) is 3.22. The fraction of sp³-hybridized carbons (Fsp3) is 0.333. The Balaban J connectivity index is 3.24. The van der Waals surface area contributed by atoms with Crippen molar-refractivity contribution in [3.8, 4) is 12.3 Å². The molecule has 0 atom stereocenters. The lowest BCUT2D eigenvalue weighted by Crippen LogP contribution is -2.13. The normalized spacial score (nSPS) is 10.9. The van der Waals surface area contributed by atoms with E-state index in [1.54, 1.807) is 0 Å². The van der Waals surface area contributed by atoms with E-state index in [1.807, 2.05) is 0 Å². The number of rotatable bonds is 2. The van der Waals surface area contributed by atoms with Gasteiger partial charge in [-0.1, -0.05) is 5.92 Å². The third-order valence-electron chi connectivity index (χ3n) is 1.69. The van der Waals surface area contributed by atoms with Crippen LogP contribution in [-0.2, 0) is 17.5 Å². The van der Waals surface area contributed by atoms with Crippen LogP contribution in [0.2, 0.25) is 0 Å². The summed E-state index contributed by atoms with van der Waals surface area (Å²) in [7, 11) is 0.987. The molecule has 0 aliphatic heterocycles. The van der Waals surface area contributed by atoms with Gasteiger partial charge in [0, 0.05) is 6.20 Å². The molecule has 4 nitrogen and oxygen atoms in total. The first-order chi connectivity index (χ1) is 7.40. The molecule has 1 aromatic rings. The highest BCUT2D eigenvalue weighted by molar-refractivity contribution is 5.90. The number of methoxy groups -OCH3 is 1. The van der Waals surface area contributed by atoms with Crippen LogP contribution < -0.4 is 0 Å². The number of hydrogen-bond donors (Lipinski definition) is 0. The van der Waals surface area contributed by atoms with E-state index in [1.165, 1.54) is 0 Å². The van der Waals surface area contributed by atoms with Crippen LogP contribution in [0.15, 0.2) is 6.20 Å². The van der Waals surface area contributed by atoms with Crippen LogP contribution in [-0.4, -0.2) is 22.9 Å². The van der Waals surface area contributed by atoms with Crippen molar-refractivity contribution in [1.82, 2.24) is 9.78 Å². The molecule has 1 heterocycles. The summed E-state index contributed by atoms with van der Waals surface area (Å²) >= 11 is 0. The Morgan fingerprint density at radius 2 is 2.31 bits per heavy atom. The summed E-state index contributed by atoms with van der Waals surface area (Å²) in [4.78, 5) is 11.1. The van der Waals surface area contributed by atoms with E-state index in [0.717, 1.165) is 18.0 Å². The van der Waals surface area contributed by atoms with Crippen LogP contribution in [0.3, 0.4) is 0 Å². The SMILES string of the molecule is C#CCn1cc(C(=O)OC)c(C(F)(F)F)n1. The quantitative estimate of drug-likeness (QED) is 0.570. The Hall–Kier alpha value is -1.97. The first-order valence-electron chi connectivity index (χ1n) is 4.06. The van der Waals surface area contributed by atoms with Gasteiger partial charge < -0.3 is 4.74 Å². The van der Waals surface area contributed by atoms with Gasteiger partial charge in [-0.05, 0) is 0 Å². The van der Waals surface area contributed by atoms with E-state index < -0.39 is 23.4 Å². The van der Waals surface area contributed by atoms with Gasteiger partial charge in [0.2, 0.25) is 0 Å². The first-order valence-corrected chi connectivity index (χ1v) is 4.06. The molecular weight excluding hydrogens is 225 g/mol. The zero-order valence-electron chi connectivity index (χ0n) is 8.21. The number of terminal acetylenes is 1. The van der Waals surface area contributed by atoms with Gasteiger partial charge in [0.1, 0.15) is 12.1 Å². The third-order valence-corrected chi connectivity index (χ3v) is 1.69. The second-order valence-electron chi connectivity index (χ2n) is 2.78. The highest BCUT2D eigenvalue weighted by atomic mass is 19.4. The van der Waals surface area contributed by atoms with Crippen LogP contribution in [0.1, 0.15) is 16.1 Å². The van der Waals surface area contributed by atoms with Crippen LogP contribution in [0.25, 0.3) is 0 Å². The zero-order chi connectivity index (χ0) is 12.3. The number of aromatic nitrogens is 2. The number of carbonyl (C=O) groups excluding carboxylic acids is 1. The molecule has 0 saturated heterocycles. The van der Waals surface area contributed by atoms with Gasteiger partial charge in [0.05, 0.1) is 7.11 Å². The lowest BCUT2D eigenvalue weighted by molar-refractivity contribution is -0.142. The van der Waals surface area contributed by atoms with E-state index in [0.29, 0.717) is 0 Å². The summed E-state index contributed by atoms with van der Waals surface area (Å²) in [5, 5.41) is 3.19. The number of ether oxygens (including phenoxy) is 1. The number of esters is 1. The number of carbonyl (C=O) groups is 1. The van der Waals surface area contributed by atoms with Crippen molar-refractivity contribution in [2.75, 3.05) is 7.11 Å². The molecule has 0 N–H and O–H groups in total. The first kappa shape index (κ1) is 12.1. The van der Waals surface area contributed by atoms with Crippen molar-refractivity contribution in [3.05, 3.63) is 17.5 Å². The average molecular weight is 232 g/mol. The minimum absolute atomic E-state index is 0.153. The Labute approximate surface area is 89.0 Å². The van der Waals surface area contributed by atoms with Crippen molar-refractivity contribution in [3.63, 3.8) is 0 Å². The summed E-state index contributed by atoms with van der Waals surface area (Å²) in [5.41, 5.74) is -1.94. The predicted molar refractivity (Wildman–Crippen MR) is 47.4 cm³/mol. The van der Waals surface area contributed by atoms with Gasteiger partial charge in [0.25, 0.3) is 0 Å². The van der Waals surface area contributed by atoms with Crippen molar-refractivity contribution in [2.24, 2.45) is 0 Å². The van der Waals surface area contributed by atoms with E-state index >= 15 is 0 Å². The van der Waals surface area contributed by atoms with Gasteiger partial charge in [-0.2, -0.15) is 18.3 Å². The molecule has 86 valence electrons. The van der Waals surface area contributed by atoms with Gasteiger partial charge in [-0.3, -0.25) is 4.68 Å². The highest BCUT2D eigenvalue weighted by Crippen LogP contribution is 2.30. The monoisotopic (exact) mass is 232 g/mol. The minimum Gasteiger partial charge on any atom is -0.465 e. The van der Waals surface area contributed by atoms with E-state index in [4.69, 9.17) is 6.42 Å². The molecule has 0 bridgehead atoms. The smallest absolute Gasteiger partial charge is 0.436 e. The van der Waals surface area contributed by atoms with Crippen LogP contribution in [0.4, 0.5) is 13.2 Å². The molecule has 0 aliphatic rings. The molecule has 0 aliphatic carbocycles. The maximum atomic E-state index is 12.5. The number of alkyl halides is 3. The highest BCUT2D eigenvalue weighted by Gasteiger charge is 2.39.